The van der Waals surface area contributed by atoms with Crippen molar-refractivity contribution < 1.29 is 9.90 Å². The molecule has 1 heterocycles. The van der Waals surface area contributed by atoms with Crippen LogP contribution in [0.2, 0.25) is 0 Å². The van der Waals surface area contributed by atoms with Gasteiger partial charge >= 0.3 is 5.97 Å². The number of carboxylic acids is 1. The van der Waals surface area contributed by atoms with E-state index >= 15 is 0 Å². The molecule has 2 rings (SSSR count). The molecule has 0 radical (unpaired) electrons. The molecule has 1 aliphatic carbocycles. The molecule has 4 nitrogen and oxygen atoms in total. The van der Waals surface area contributed by atoms with Crippen molar-refractivity contribution in [2.24, 2.45) is 5.92 Å². The first-order valence-electron chi connectivity index (χ1n) is 6.23. The van der Waals surface area contributed by atoms with Crippen LogP contribution in [-0.2, 0) is 4.79 Å². The van der Waals surface area contributed by atoms with E-state index < -0.39 is 5.97 Å². The molecule has 0 spiro atoms. The van der Waals surface area contributed by atoms with Gasteiger partial charge in [-0.15, -0.1) is 0 Å². The number of hydrogen-bond acceptors (Lipinski definition) is 3. The predicted molar refractivity (Wildman–Crippen MR) is 62.4 cm³/mol. The van der Waals surface area contributed by atoms with Crippen molar-refractivity contribution in [2.75, 3.05) is 27.2 Å². The molecule has 0 aromatic heterocycles. The van der Waals surface area contributed by atoms with Gasteiger partial charge in [0.15, 0.2) is 0 Å². The molecule has 2 unspecified atom stereocenters. The fourth-order valence-corrected chi connectivity index (χ4v) is 2.87. The van der Waals surface area contributed by atoms with Gasteiger partial charge in [0.1, 0.15) is 6.04 Å². The van der Waals surface area contributed by atoms with Gasteiger partial charge in [0, 0.05) is 12.6 Å². The van der Waals surface area contributed by atoms with E-state index in [1.54, 1.807) is 0 Å². The van der Waals surface area contributed by atoms with E-state index in [-0.39, 0.29) is 6.04 Å². The lowest BCUT2D eigenvalue weighted by Crippen LogP contribution is -2.48. The number of carbonyl (C=O) groups is 1. The summed E-state index contributed by atoms with van der Waals surface area (Å²) >= 11 is 0. The first-order chi connectivity index (χ1) is 7.59. The average molecular weight is 226 g/mol. The lowest BCUT2D eigenvalue weighted by atomic mass is 10.1. The van der Waals surface area contributed by atoms with Gasteiger partial charge in [-0.25, -0.2) is 0 Å². The molecular formula is C12H22N2O2. The zero-order valence-corrected chi connectivity index (χ0v) is 10.2. The minimum absolute atomic E-state index is 0.215. The second-order valence-electron chi connectivity index (χ2n) is 5.42. The summed E-state index contributed by atoms with van der Waals surface area (Å²) in [4.78, 5) is 15.7. The van der Waals surface area contributed by atoms with Crippen LogP contribution in [0.4, 0.5) is 0 Å². The summed E-state index contributed by atoms with van der Waals surface area (Å²) in [6, 6.07) is 0.226. The highest BCUT2D eigenvalue weighted by molar-refractivity contribution is 5.74. The second kappa shape index (κ2) is 4.72. The summed E-state index contributed by atoms with van der Waals surface area (Å²) in [6.45, 7) is 1.95. The number of carboxylic acid groups (broad SMARTS) is 1. The van der Waals surface area contributed by atoms with E-state index in [4.69, 9.17) is 0 Å². The molecule has 0 amide bonds. The SMILES string of the molecule is CN(C)CC1CCCN1C(C(=O)O)C1CC1. The molecule has 1 saturated heterocycles. The fraction of sp³-hybridized carbons (Fsp3) is 0.917. The van der Waals surface area contributed by atoms with Gasteiger partial charge in [0.05, 0.1) is 0 Å². The minimum Gasteiger partial charge on any atom is -0.480 e. The van der Waals surface area contributed by atoms with Crippen molar-refractivity contribution in [1.82, 2.24) is 9.80 Å². The quantitative estimate of drug-likeness (QED) is 0.755. The first-order valence-corrected chi connectivity index (χ1v) is 6.23. The van der Waals surface area contributed by atoms with E-state index in [2.05, 4.69) is 23.9 Å². The van der Waals surface area contributed by atoms with Gasteiger partial charge in [-0.2, -0.15) is 0 Å². The summed E-state index contributed by atoms with van der Waals surface area (Å²) in [7, 11) is 4.12. The predicted octanol–water partition coefficient (Wildman–Crippen LogP) is 0.876. The van der Waals surface area contributed by atoms with Crippen molar-refractivity contribution in [1.29, 1.82) is 0 Å². The van der Waals surface area contributed by atoms with E-state index in [1.165, 1.54) is 0 Å². The van der Waals surface area contributed by atoms with Crippen LogP contribution in [0.15, 0.2) is 0 Å². The van der Waals surface area contributed by atoms with Crippen LogP contribution in [0, 0.1) is 5.92 Å². The summed E-state index contributed by atoms with van der Waals surface area (Å²) in [5.74, 6) is -0.201. The van der Waals surface area contributed by atoms with E-state index in [0.717, 1.165) is 38.8 Å². The van der Waals surface area contributed by atoms with Crippen LogP contribution >= 0.6 is 0 Å². The Bertz CT molecular complexity index is 264. The number of hydrogen-bond donors (Lipinski definition) is 1. The Balaban J connectivity index is 2.02. The Morgan fingerprint density at radius 1 is 1.44 bits per heavy atom. The van der Waals surface area contributed by atoms with Crippen LogP contribution in [-0.4, -0.2) is 60.1 Å². The Morgan fingerprint density at radius 2 is 2.12 bits per heavy atom. The fourth-order valence-electron chi connectivity index (χ4n) is 2.87. The maximum absolute atomic E-state index is 11.3. The van der Waals surface area contributed by atoms with Crippen LogP contribution < -0.4 is 0 Å². The van der Waals surface area contributed by atoms with Gasteiger partial charge in [-0.05, 0) is 52.2 Å². The Labute approximate surface area is 97.2 Å². The van der Waals surface area contributed by atoms with Crippen molar-refractivity contribution in [3.05, 3.63) is 0 Å². The van der Waals surface area contributed by atoms with Crippen LogP contribution in [0.3, 0.4) is 0 Å². The maximum Gasteiger partial charge on any atom is 0.321 e. The van der Waals surface area contributed by atoms with E-state index in [9.17, 15) is 9.90 Å². The lowest BCUT2D eigenvalue weighted by molar-refractivity contribution is -0.144. The largest absolute Gasteiger partial charge is 0.480 e. The first kappa shape index (κ1) is 11.9. The summed E-state index contributed by atoms with van der Waals surface area (Å²) < 4.78 is 0. The highest BCUT2D eigenvalue weighted by atomic mass is 16.4. The molecule has 0 aromatic carbocycles. The maximum atomic E-state index is 11.3. The summed E-state index contributed by atoms with van der Waals surface area (Å²) in [5.41, 5.74) is 0. The van der Waals surface area contributed by atoms with Crippen molar-refractivity contribution in [2.45, 2.75) is 37.8 Å². The number of likely N-dealkylation sites (N-methyl/N-ethyl adjacent to an activating group) is 1. The average Bonchev–Trinajstić information content (AvgIpc) is 2.89. The van der Waals surface area contributed by atoms with Crippen molar-refractivity contribution in [3.8, 4) is 0 Å². The Kier molecular flexibility index (Phi) is 3.50. The third kappa shape index (κ3) is 2.55. The monoisotopic (exact) mass is 226 g/mol. The van der Waals surface area contributed by atoms with E-state index in [1.807, 2.05) is 0 Å². The third-order valence-electron chi connectivity index (χ3n) is 3.68. The van der Waals surface area contributed by atoms with Gasteiger partial charge in [0.25, 0.3) is 0 Å². The van der Waals surface area contributed by atoms with Crippen LogP contribution in [0.25, 0.3) is 0 Å². The molecule has 1 N–H and O–H groups in total. The zero-order valence-electron chi connectivity index (χ0n) is 10.2. The van der Waals surface area contributed by atoms with Gasteiger partial charge in [-0.1, -0.05) is 0 Å². The highest BCUT2D eigenvalue weighted by Gasteiger charge is 2.44. The summed E-state index contributed by atoms with van der Waals surface area (Å²) in [6.07, 6.45) is 4.49. The highest BCUT2D eigenvalue weighted by Crippen LogP contribution is 2.38. The van der Waals surface area contributed by atoms with Crippen LogP contribution in [0.1, 0.15) is 25.7 Å². The molecule has 16 heavy (non-hydrogen) atoms. The van der Waals surface area contributed by atoms with Gasteiger partial charge < -0.3 is 10.0 Å². The molecule has 2 aliphatic rings. The molecule has 1 saturated carbocycles. The normalized spacial score (nSPS) is 28.6. The topological polar surface area (TPSA) is 43.8 Å². The molecule has 4 heteroatoms. The molecule has 2 fully saturated rings. The molecule has 0 bridgehead atoms. The van der Waals surface area contributed by atoms with Crippen molar-refractivity contribution >= 4 is 5.97 Å². The molecular weight excluding hydrogens is 204 g/mol. The standard InChI is InChI=1S/C12H22N2O2/c1-13(2)8-10-4-3-7-14(10)11(12(15)16)9-5-6-9/h9-11H,3-8H2,1-2H3,(H,15,16). The van der Waals surface area contributed by atoms with Crippen LogP contribution in [0.5, 0.6) is 0 Å². The zero-order chi connectivity index (χ0) is 11.7. The second-order valence-corrected chi connectivity index (χ2v) is 5.42. The number of aliphatic carboxylic acids is 1. The summed E-state index contributed by atoms with van der Waals surface area (Å²) in [5, 5.41) is 9.34. The van der Waals surface area contributed by atoms with Gasteiger partial charge in [-0.3, -0.25) is 9.69 Å². The molecule has 2 atom stereocenters. The Morgan fingerprint density at radius 3 is 2.62 bits per heavy atom. The molecule has 1 aliphatic heterocycles. The number of rotatable bonds is 5. The van der Waals surface area contributed by atoms with E-state index in [0.29, 0.717) is 12.0 Å². The molecule has 0 aromatic rings. The Hall–Kier alpha value is -0.610. The number of likely N-dealkylation sites (tertiary alicyclic amines) is 1. The van der Waals surface area contributed by atoms with Gasteiger partial charge in [0.2, 0.25) is 0 Å². The molecule has 92 valence electrons. The smallest absolute Gasteiger partial charge is 0.321 e. The van der Waals surface area contributed by atoms with Crippen molar-refractivity contribution in [3.63, 3.8) is 0 Å². The third-order valence-corrected chi connectivity index (χ3v) is 3.68. The number of nitrogens with zero attached hydrogens (tertiary/aromatic N) is 2. The minimum atomic E-state index is -0.617. The lowest BCUT2D eigenvalue weighted by Gasteiger charge is -2.32.